The molecule has 2 heterocycles. The van der Waals surface area contributed by atoms with Crippen molar-refractivity contribution >= 4 is 23.6 Å². The first-order valence-corrected chi connectivity index (χ1v) is 9.82. The van der Waals surface area contributed by atoms with Crippen LogP contribution in [0.5, 0.6) is 0 Å². The van der Waals surface area contributed by atoms with Crippen molar-refractivity contribution in [1.82, 2.24) is 10.2 Å². The molecule has 1 aromatic rings. The Morgan fingerprint density at radius 1 is 1.21 bits per heavy atom. The van der Waals surface area contributed by atoms with E-state index in [0.29, 0.717) is 50.4 Å². The number of hydrogen-bond donors (Lipinski definition) is 2. The fourth-order valence-corrected chi connectivity index (χ4v) is 3.44. The largest absolute Gasteiger partial charge is 0.450 e. The molecule has 0 radical (unpaired) electrons. The van der Waals surface area contributed by atoms with Gasteiger partial charge in [-0.1, -0.05) is 6.07 Å². The Labute approximate surface area is 164 Å². The molecule has 0 saturated carbocycles. The van der Waals surface area contributed by atoms with Crippen molar-refractivity contribution in [2.45, 2.75) is 44.8 Å². The molecular formula is C20H27N3O5. The van der Waals surface area contributed by atoms with Gasteiger partial charge in [0.2, 0.25) is 0 Å². The average Bonchev–Trinajstić information content (AvgIpc) is 3.24. The Morgan fingerprint density at radius 2 is 2.00 bits per heavy atom. The van der Waals surface area contributed by atoms with Gasteiger partial charge in [0.15, 0.2) is 0 Å². The lowest BCUT2D eigenvalue weighted by atomic mass is 10.0. The fourth-order valence-electron chi connectivity index (χ4n) is 3.44. The van der Waals surface area contributed by atoms with Gasteiger partial charge in [-0.15, -0.1) is 0 Å². The van der Waals surface area contributed by atoms with Crippen LogP contribution < -0.4 is 10.6 Å². The summed E-state index contributed by atoms with van der Waals surface area (Å²) in [5, 5.41) is 5.82. The minimum Gasteiger partial charge on any atom is -0.450 e. The Kier molecular flexibility index (Phi) is 6.86. The third-order valence-corrected chi connectivity index (χ3v) is 4.97. The van der Waals surface area contributed by atoms with Crippen LogP contribution in [0.15, 0.2) is 24.3 Å². The number of nitrogens with zero attached hydrogens (tertiary/aromatic N) is 1. The maximum absolute atomic E-state index is 12.6. The maximum Gasteiger partial charge on any atom is 0.409 e. The van der Waals surface area contributed by atoms with E-state index in [9.17, 15) is 14.4 Å². The Balaban J connectivity index is 1.51. The molecular weight excluding hydrogens is 362 g/mol. The van der Waals surface area contributed by atoms with Crippen LogP contribution in [0, 0.1) is 0 Å². The van der Waals surface area contributed by atoms with Crippen LogP contribution in [0.25, 0.3) is 0 Å². The Bertz CT molecular complexity index is 710. The van der Waals surface area contributed by atoms with Crippen LogP contribution in [0.1, 0.15) is 43.0 Å². The van der Waals surface area contributed by atoms with E-state index in [0.717, 1.165) is 12.8 Å². The number of carbonyl (C=O) groups excluding carboxylic acids is 3. The molecule has 0 aromatic heterocycles. The van der Waals surface area contributed by atoms with Gasteiger partial charge in [0.25, 0.3) is 11.8 Å². The molecule has 8 heteroatoms. The summed E-state index contributed by atoms with van der Waals surface area (Å²) in [6, 6.07) is 6.87. The SMILES string of the molecule is CCOC(=O)N1CCC(NC(=O)c2cccc(NC(=O)C3CCCO3)c2)CC1. The quantitative estimate of drug-likeness (QED) is 0.804. The predicted octanol–water partition coefficient (Wildman–Crippen LogP) is 2.15. The molecule has 2 saturated heterocycles. The molecule has 0 aliphatic carbocycles. The summed E-state index contributed by atoms with van der Waals surface area (Å²) >= 11 is 0. The molecule has 3 amide bonds. The van der Waals surface area contributed by atoms with Crippen LogP contribution in [0.3, 0.4) is 0 Å². The van der Waals surface area contributed by atoms with Gasteiger partial charge >= 0.3 is 6.09 Å². The number of hydrogen-bond acceptors (Lipinski definition) is 5. The number of rotatable bonds is 5. The van der Waals surface area contributed by atoms with Gasteiger partial charge in [0.1, 0.15) is 6.10 Å². The minimum atomic E-state index is -0.415. The molecule has 0 spiro atoms. The van der Waals surface area contributed by atoms with E-state index in [-0.39, 0.29) is 23.9 Å². The smallest absolute Gasteiger partial charge is 0.409 e. The van der Waals surface area contributed by atoms with Crippen molar-refractivity contribution in [2.24, 2.45) is 0 Å². The lowest BCUT2D eigenvalue weighted by molar-refractivity contribution is -0.124. The van der Waals surface area contributed by atoms with Crippen LogP contribution >= 0.6 is 0 Å². The van der Waals surface area contributed by atoms with Crippen molar-refractivity contribution in [3.63, 3.8) is 0 Å². The highest BCUT2D eigenvalue weighted by atomic mass is 16.6. The molecule has 1 atom stereocenters. The number of piperidine rings is 1. The van der Waals surface area contributed by atoms with E-state index in [1.54, 1.807) is 36.1 Å². The molecule has 2 aliphatic rings. The van der Waals surface area contributed by atoms with Crippen molar-refractivity contribution in [3.8, 4) is 0 Å². The Morgan fingerprint density at radius 3 is 2.68 bits per heavy atom. The van der Waals surface area contributed by atoms with Crippen LogP contribution in [0.2, 0.25) is 0 Å². The molecule has 0 bridgehead atoms. The second-order valence-corrected chi connectivity index (χ2v) is 7.01. The zero-order chi connectivity index (χ0) is 19.9. The predicted molar refractivity (Wildman–Crippen MR) is 103 cm³/mol. The summed E-state index contributed by atoms with van der Waals surface area (Å²) in [6.07, 6.45) is 2.25. The second kappa shape index (κ2) is 9.54. The molecule has 8 nitrogen and oxygen atoms in total. The molecule has 152 valence electrons. The zero-order valence-corrected chi connectivity index (χ0v) is 16.1. The molecule has 1 unspecified atom stereocenters. The van der Waals surface area contributed by atoms with Crippen molar-refractivity contribution in [1.29, 1.82) is 0 Å². The van der Waals surface area contributed by atoms with E-state index in [2.05, 4.69) is 10.6 Å². The Hall–Kier alpha value is -2.61. The van der Waals surface area contributed by atoms with Crippen molar-refractivity contribution < 1.29 is 23.9 Å². The zero-order valence-electron chi connectivity index (χ0n) is 16.1. The van der Waals surface area contributed by atoms with Gasteiger partial charge in [-0.25, -0.2) is 4.79 Å². The third-order valence-electron chi connectivity index (χ3n) is 4.97. The number of anilines is 1. The van der Waals surface area contributed by atoms with Crippen molar-refractivity contribution in [2.75, 3.05) is 31.6 Å². The molecule has 2 aliphatic heterocycles. The molecule has 28 heavy (non-hydrogen) atoms. The number of likely N-dealkylation sites (tertiary alicyclic amines) is 1. The van der Waals surface area contributed by atoms with E-state index >= 15 is 0 Å². The van der Waals surface area contributed by atoms with Gasteiger partial charge in [-0.05, 0) is 50.8 Å². The van der Waals surface area contributed by atoms with Gasteiger partial charge in [0.05, 0.1) is 6.61 Å². The fraction of sp³-hybridized carbons (Fsp3) is 0.550. The van der Waals surface area contributed by atoms with Crippen LogP contribution in [-0.4, -0.2) is 61.3 Å². The van der Waals surface area contributed by atoms with E-state index < -0.39 is 6.10 Å². The third kappa shape index (κ3) is 5.22. The first-order chi connectivity index (χ1) is 13.6. The highest BCUT2D eigenvalue weighted by Gasteiger charge is 2.26. The summed E-state index contributed by atoms with van der Waals surface area (Å²) in [7, 11) is 0. The van der Waals surface area contributed by atoms with Gasteiger partial charge in [-0.2, -0.15) is 0 Å². The first kappa shape index (κ1) is 20.1. The van der Waals surface area contributed by atoms with Gasteiger partial charge < -0.3 is 25.0 Å². The number of ether oxygens (including phenoxy) is 2. The number of benzene rings is 1. The topological polar surface area (TPSA) is 97.0 Å². The number of nitrogens with one attached hydrogen (secondary N) is 2. The summed E-state index contributed by atoms with van der Waals surface area (Å²) in [6.45, 7) is 3.86. The summed E-state index contributed by atoms with van der Waals surface area (Å²) < 4.78 is 10.4. The minimum absolute atomic E-state index is 0.00307. The normalized spacial score (nSPS) is 19.9. The highest BCUT2D eigenvalue weighted by Crippen LogP contribution is 2.17. The monoisotopic (exact) mass is 389 g/mol. The van der Waals surface area contributed by atoms with E-state index in [1.165, 1.54) is 0 Å². The standard InChI is InChI=1S/C20H27N3O5/c1-2-27-20(26)23-10-8-15(9-11-23)21-18(24)14-5-3-6-16(13-14)22-19(25)17-7-4-12-28-17/h3,5-6,13,15,17H,2,4,7-12H2,1H3,(H,21,24)(H,22,25). The molecule has 2 N–H and O–H groups in total. The first-order valence-electron chi connectivity index (χ1n) is 9.82. The van der Waals surface area contributed by atoms with Crippen LogP contribution in [0.4, 0.5) is 10.5 Å². The van der Waals surface area contributed by atoms with Crippen molar-refractivity contribution in [3.05, 3.63) is 29.8 Å². The van der Waals surface area contributed by atoms with E-state index in [1.807, 2.05) is 0 Å². The second-order valence-electron chi connectivity index (χ2n) is 7.01. The molecule has 1 aromatic carbocycles. The molecule has 2 fully saturated rings. The lowest BCUT2D eigenvalue weighted by Crippen LogP contribution is -2.46. The summed E-state index contributed by atoms with van der Waals surface area (Å²) in [5.41, 5.74) is 1.06. The number of carbonyl (C=O) groups is 3. The summed E-state index contributed by atoms with van der Waals surface area (Å²) in [5.74, 6) is -0.371. The lowest BCUT2D eigenvalue weighted by Gasteiger charge is -2.31. The summed E-state index contributed by atoms with van der Waals surface area (Å²) in [4.78, 5) is 38.1. The van der Waals surface area contributed by atoms with Crippen LogP contribution in [-0.2, 0) is 14.3 Å². The average molecular weight is 389 g/mol. The highest BCUT2D eigenvalue weighted by molar-refractivity contribution is 5.98. The maximum atomic E-state index is 12.6. The van der Waals surface area contributed by atoms with Gasteiger partial charge in [0, 0.05) is 37.0 Å². The number of amides is 3. The van der Waals surface area contributed by atoms with Gasteiger partial charge in [-0.3, -0.25) is 9.59 Å². The molecule has 3 rings (SSSR count). The van der Waals surface area contributed by atoms with E-state index in [4.69, 9.17) is 9.47 Å².